The van der Waals surface area contributed by atoms with Gasteiger partial charge in [0.1, 0.15) is 5.72 Å². The molecule has 0 fully saturated rings. The van der Waals surface area contributed by atoms with Gasteiger partial charge in [-0.05, 0) is 39.8 Å². The predicted molar refractivity (Wildman–Crippen MR) is 73.3 cm³/mol. The Kier molecular flexibility index (Phi) is 3.99. The molecule has 4 N–H and O–H groups in total. The third kappa shape index (κ3) is 3.75. The molecule has 0 aliphatic carbocycles. The van der Waals surface area contributed by atoms with Gasteiger partial charge in [0.25, 0.3) is 0 Å². The maximum Gasteiger partial charge on any atom is 0.139 e. The van der Waals surface area contributed by atoms with Crippen LogP contribution in [0.4, 0.5) is 5.69 Å². The molecule has 1 unspecified atom stereocenters. The highest BCUT2D eigenvalue weighted by Crippen LogP contribution is 2.33. The summed E-state index contributed by atoms with van der Waals surface area (Å²) in [5.74, 6) is 0. The first-order valence-corrected chi connectivity index (χ1v) is 6.05. The van der Waals surface area contributed by atoms with Crippen molar-refractivity contribution >= 4 is 28.9 Å². The molecule has 17 heavy (non-hydrogen) atoms. The molecule has 0 bridgehead atoms. The average molecular weight is 277 g/mol. The minimum absolute atomic E-state index is 0.246. The Morgan fingerprint density at radius 2 is 1.53 bits per heavy atom. The van der Waals surface area contributed by atoms with Crippen LogP contribution in [0.15, 0.2) is 12.1 Å². The molecule has 0 aliphatic rings. The number of aliphatic hydroxyl groups is 1. The van der Waals surface area contributed by atoms with E-state index in [1.165, 1.54) is 0 Å². The number of rotatable bonds is 2. The first-order chi connectivity index (χ1) is 7.53. The second-order valence-corrected chi connectivity index (χ2v) is 6.12. The van der Waals surface area contributed by atoms with Crippen molar-refractivity contribution < 1.29 is 5.11 Å². The van der Waals surface area contributed by atoms with E-state index in [1.54, 1.807) is 19.1 Å². The van der Waals surface area contributed by atoms with E-state index in [1.807, 2.05) is 20.8 Å². The lowest BCUT2D eigenvalue weighted by Gasteiger charge is -2.34. The van der Waals surface area contributed by atoms with Gasteiger partial charge in [-0.25, -0.2) is 0 Å². The van der Waals surface area contributed by atoms with Crippen molar-refractivity contribution in [3.8, 4) is 0 Å². The van der Waals surface area contributed by atoms with Crippen LogP contribution in [-0.4, -0.2) is 10.6 Å². The molecule has 3 nitrogen and oxygen atoms in total. The third-order valence-corrected chi connectivity index (χ3v) is 2.88. The molecule has 0 aliphatic heterocycles. The molecule has 0 saturated carbocycles. The highest BCUT2D eigenvalue weighted by Gasteiger charge is 2.29. The molecule has 1 aromatic carbocycles. The zero-order valence-corrected chi connectivity index (χ0v) is 11.9. The fraction of sp³-hybridized carbons (Fsp3) is 0.500. The van der Waals surface area contributed by atoms with Gasteiger partial charge in [-0.15, -0.1) is 0 Å². The quantitative estimate of drug-likeness (QED) is 0.575. The molecule has 5 heteroatoms. The standard InChI is InChI=1S/C12H18Cl2N2O/c1-11(2,3)16-12(4,17)7-5-8(13)10(15)9(14)6-7/h5-6,16-17H,15H2,1-4H3. The lowest BCUT2D eigenvalue weighted by molar-refractivity contribution is -0.00415. The number of halogens is 2. The highest BCUT2D eigenvalue weighted by atomic mass is 35.5. The van der Waals surface area contributed by atoms with Gasteiger partial charge >= 0.3 is 0 Å². The van der Waals surface area contributed by atoms with Gasteiger partial charge in [0, 0.05) is 11.1 Å². The van der Waals surface area contributed by atoms with Gasteiger partial charge in [0.15, 0.2) is 0 Å². The molecule has 96 valence electrons. The van der Waals surface area contributed by atoms with Gasteiger partial charge in [-0.1, -0.05) is 23.2 Å². The van der Waals surface area contributed by atoms with E-state index >= 15 is 0 Å². The molecule has 1 aromatic rings. The molecular formula is C12H18Cl2N2O. The van der Waals surface area contributed by atoms with E-state index in [0.29, 0.717) is 21.3 Å². The summed E-state index contributed by atoms with van der Waals surface area (Å²) in [7, 11) is 0. The third-order valence-electron chi connectivity index (χ3n) is 2.26. The van der Waals surface area contributed by atoms with Crippen LogP contribution in [-0.2, 0) is 5.72 Å². The van der Waals surface area contributed by atoms with Crippen LogP contribution in [0.5, 0.6) is 0 Å². The molecule has 0 heterocycles. The normalized spacial score (nSPS) is 15.7. The summed E-state index contributed by atoms with van der Waals surface area (Å²) in [4.78, 5) is 0. The van der Waals surface area contributed by atoms with Crippen molar-refractivity contribution in [2.45, 2.75) is 39.0 Å². The van der Waals surface area contributed by atoms with Crippen LogP contribution in [0, 0.1) is 0 Å². The van der Waals surface area contributed by atoms with Crippen molar-refractivity contribution in [3.63, 3.8) is 0 Å². The number of nitrogens with one attached hydrogen (secondary N) is 1. The van der Waals surface area contributed by atoms with E-state index in [9.17, 15) is 5.11 Å². The van der Waals surface area contributed by atoms with Gasteiger partial charge in [0.2, 0.25) is 0 Å². The molecule has 0 saturated heterocycles. The van der Waals surface area contributed by atoms with Crippen LogP contribution in [0.2, 0.25) is 10.0 Å². The Morgan fingerprint density at radius 3 is 1.88 bits per heavy atom. The number of nitrogens with two attached hydrogens (primary N) is 1. The largest absolute Gasteiger partial charge is 0.396 e. The minimum atomic E-state index is -1.22. The number of benzene rings is 1. The zero-order valence-electron chi connectivity index (χ0n) is 10.4. The highest BCUT2D eigenvalue weighted by molar-refractivity contribution is 6.38. The van der Waals surface area contributed by atoms with E-state index in [2.05, 4.69) is 5.32 Å². The molecule has 0 radical (unpaired) electrons. The lowest BCUT2D eigenvalue weighted by atomic mass is 9.99. The second kappa shape index (κ2) is 4.65. The Bertz CT molecular complexity index is 402. The molecular weight excluding hydrogens is 259 g/mol. The summed E-state index contributed by atoms with van der Waals surface area (Å²) >= 11 is 11.9. The number of hydrogen-bond acceptors (Lipinski definition) is 3. The maximum absolute atomic E-state index is 10.4. The Morgan fingerprint density at radius 1 is 1.12 bits per heavy atom. The van der Waals surface area contributed by atoms with E-state index in [4.69, 9.17) is 28.9 Å². The molecule has 0 spiro atoms. The number of nitrogen functional groups attached to an aromatic ring is 1. The summed E-state index contributed by atoms with van der Waals surface area (Å²) in [6.07, 6.45) is 0. The van der Waals surface area contributed by atoms with E-state index in [0.717, 1.165) is 0 Å². The molecule has 1 rings (SSSR count). The maximum atomic E-state index is 10.4. The first kappa shape index (κ1) is 14.6. The average Bonchev–Trinajstić information content (AvgIpc) is 2.09. The van der Waals surface area contributed by atoms with Crippen molar-refractivity contribution in [1.82, 2.24) is 5.32 Å². The SMILES string of the molecule is CC(C)(C)NC(C)(O)c1cc(Cl)c(N)c(Cl)c1. The monoisotopic (exact) mass is 276 g/mol. The molecule has 0 aromatic heterocycles. The Labute approximate surface area is 112 Å². The van der Waals surface area contributed by atoms with Crippen molar-refractivity contribution in [1.29, 1.82) is 0 Å². The van der Waals surface area contributed by atoms with Crippen LogP contribution >= 0.6 is 23.2 Å². The zero-order chi connectivity index (χ0) is 13.4. The van der Waals surface area contributed by atoms with Gasteiger partial charge in [-0.2, -0.15) is 0 Å². The van der Waals surface area contributed by atoms with Crippen molar-refractivity contribution in [2.75, 3.05) is 5.73 Å². The van der Waals surface area contributed by atoms with Crippen molar-refractivity contribution in [2.24, 2.45) is 0 Å². The smallest absolute Gasteiger partial charge is 0.139 e. The van der Waals surface area contributed by atoms with Crippen molar-refractivity contribution in [3.05, 3.63) is 27.7 Å². The number of anilines is 1. The predicted octanol–water partition coefficient (Wildman–Crippen LogP) is 3.13. The first-order valence-electron chi connectivity index (χ1n) is 5.29. The van der Waals surface area contributed by atoms with Gasteiger partial charge in [-0.3, -0.25) is 5.32 Å². The van der Waals surface area contributed by atoms with Gasteiger partial charge < -0.3 is 10.8 Å². The summed E-state index contributed by atoms with van der Waals surface area (Å²) in [5, 5.41) is 14.1. The minimum Gasteiger partial charge on any atom is -0.396 e. The lowest BCUT2D eigenvalue weighted by Crippen LogP contribution is -2.50. The van der Waals surface area contributed by atoms with Crippen LogP contribution < -0.4 is 11.1 Å². The topological polar surface area (TPSA) is 58.3 Å². The second-order valence-electron chi connectivity index (χ2n) is 5.30. The van der Waals surface area contributed by atoms with Crippen LogP contribution in [0.3, 0.4) is 0 Å². The van der Waals surface area contributed by atoms with E-state index in [-0.39, 0.29) is 5.54 Å². The van der Waals surface area contributed by atoms with Gasteiger partial charge in [0.05, 0.1) is 15.7 Å². The summed E-state index contributed by atoms with van der Waals surface area (Å²) in [5.41, 5.74) is 5.09. The summed E-state index contributed by atoms with van der Waals surface area (Å²) in [6.45, 7) is 7.53. The summed E-state index contributed by atoms with van der Waals surface area (Å²) < 4.78 is 0. The Balaban J connectivity index is 3.16. The fourth-order valence-electron chi connectivity index (χ4n) is 1.67. The molecule has 0 amide bonds. The fourth-order valence-corrected chi connectivity index (χ4v) is 2.15. The Hall–Kier alpha value is -0.480. The number of hydrogen-bond donors (Lipinski definition) is 3. The van der Waals surface area contributed by atoms with Crippen LogP contribution in [0.25, 0.3) is 0 Å². The van der Waals surface area contributed by atoms with Crippen LogP contribution in [0.1, 0.15) is 33.3 Å². The molecule has 1 atom stereocenters. The van der Waals surface area contributed by atoms with E-state index < -0.39 is 5.72 Å². The summed E-state index contributed by atoms with van der Waals surface area (Å²) in [6, 6.07) is 3.23.